The summed E-state index contributed by atoms with van der Waals surface area (Å²) >= 11 is 1.46. The van der Waals surface area contributed by atoms with Crippen molar-refractivity contribution in [1.29, 1.82) is 0 Å². The summed E-state index contributed by atoms with van der Waals surface area (Å²) in [7, 11) is 0. The highest BCUT2D eigenvalue weighted by Gasteiger charge is 2.31. The topological polar surface area (TPSA) is 42.4 Å². The first-order valence-electron chi connectivity index (χ1n) is 7.21. The molecule has 0 N–H and O–H groups in total. The lowest BCUT2D eigenvalue weighted by atomic mass is 10.0. The zero-order chi connectivity index (χ0) is 14.7. The summed E-state index contributed by atoms with van der Waals surface area (Å²) < 4.78 is 5.47. The number of rotatable bonds is 4. The predicted octanol–water partition coefficient (Wildman–Crippen LogP) is 3.52. The molecule has 0 spiro atoms. The Morgan fingerprint density at radius 2 is 2.24 bits per heavy atom. The van der Waals surface area contributed by atoms with E-state index in [0.29, 0.717) is 12.3 Å². The van der Waals surface area contributed by atoms with Crippen molar-refractivity contribution in [1.82, 2.24) is 9.88 Å². The third kappa shape index (κ3) is 2.93. The molecule has 2 heterocycles. The summed E-state index contributed by atoms with van der Waals surface area (Å²) in [6.45, 7) is 3.44. The van der Waals surface area contributed by atoms with Crippen LogP contribution in [0.4, 0.5) is 0 Å². The number of amides is 1. The Morgan fingerprint density at radius 1 is 1.43 bits per heavy atom. The van der Waals surface area contributed by atoms with Crippen molar-refractivity contribution >= 4 is 17.2 Å². The smallest absolute Gasteiger partial charge is 0.273 e. The maximum Gasteiger partial charge on any atom is 0.273 e. The van der Waals surface area contributed by atoms with Gasteiger partial charge >= 0.3 is 0 Å². The lowest BCUT2D eigenvalue weighted by Crippen LogP contribution is -2.30. The van der Waals surface area contributed by atoms with E-state index in [2.05, 4.69) is 17.1 Å². The van der Waals surface area contributed by atoms with Crippen molar-refractivity contribution < 1.29 is 9.53 Å². The average Bonchev–Trinajstić information content (AvgIpc) is 3.19. The molecule has 1 saturated heterocycles. The van der Waals surface area contributed by atoms with Gasteiger partial charge in [0.25, 0.3) is 5.91 Å². The summed E-state index contributed by atoms with van der Waals surface area (Å²) in [5, 5.41) is 1.82. The fraction of sp³-hybridized carbons (Fsp3) is 0.375. The predicted molar refractivity (Wildman–Crippen MR) is 82.7 cm³/mol. The lowest BCUT2D eigenvalue weighted by molar-refractivity contribution is 0.0730. The lowest BCUT2D eigenvalue weighted by Gasteiger charge is -2.24. The second-order valence-electron chi connectivity index (χ2n) is 5.03. The summed E-state index contributed by atoms with van der Waals surface area (Å²) in [6, 6.07) is 8.21. The molecule has 4 nitrogen and oxygen atoms in total. The third-order valence-corrected chi connectivity index (χ3v) is 4.33. The van der Waals surface area contributed by atoms with Gasteiger partial charge in [0.2, 0.25) is 0 Å². The number of carbonyl (C=O) groups is 1. The van der Waals surface area contributed by atoms with Crippen LogP contribution in [-0.4, -0.2) is 28.9 Å². The fourth-order valence-electron chi connectivity index (χ4n) is 2.77. The molecular weight excluding hydrogens is 284 g/mol. The van der Waals surface area contributed by atoms with E-state index in [1.54, 1.807) is 5.51 Å². The van der Waals surface area contributed by atoms with Gasteiger partial charge in [-0.15, -0.1) is 11.3 Å². The summed E-state index contributed by atoms with van der Waals surface area (Å²) in [5.41, 5.74) is 3.42. The second kappa shape index (κ2) is 6.26. The van der Waals surface area contributed by atoms with Crippen LogP contribution in [0.1, 0.15) is 41.9 Å². The van der Waals surface area contributed by atoms with Crippen molar-refractivity contribution in [3.63, 3.8) is 0 Å². The van der Waals surface area contributed by atoms with Gasteiger partial charge in [-0.3, -0.25) is 4.79 Å². The molecule has 21 heavy (non-hydrogen) atoms. The van der Waals surface area contributed by atoms with Gasteiger partial charge in [-0.25, -0.2) is 4.98 Å². The van der Waals surface area contributed by atoms with Crippen molar-refractivity contribution in [2.45, 2.75) is 25.8 Å². The normalized spacial score (nSPS) is 18.0. The molecule has 0 radical (unpaired) electrons. The number of hydrogen-bond donors (Lipinski definition) is 0. The number of hydrogen-bond acceptors (Lipinski definition) is 4. The van der Waals surface area contributed by atoms with Gasteiger partial charge in [0.05, 0.1) is 18.2 Å². The Kier molecular flexibility index (Phi) is 4.20. The maximum atomic E-state index is 12.5. The minimum absolute atomic E-state index is 0.0348. The maximum absolute atomic E-state index is 12.5. The van der Waals surface area contributed by atoms with Gasteiger partial charge in [-0.2, -0.15) is 0 Å². The monoisotopic (exact) mass is 302 g/mol. The molecule has 0 aliphatic carbocycles. The Hall–Kier alpha value is -1.88. The van der Waals surface area contributed by atoms with Crippen LogP contribution < -0.4 is 4.74 Å². The van der Waals surface area contributed by atoms with E-state index >= 15 is 0 Å². The van der Waals surface area contributed by atoms with E-state index in [1.165, 1.54) is 16.9 Å². The van der Waals surface area contributed by atoms with Crippen LogP contribution in [0.2, 0.25) is 0 Å². The molecule has 1 atom stereocenters. The minimum Gasteiger partial charge on any atom is -0.494 e. The van der Waals surface area contributed by atoms with Crippen LogP contribution in [0.25, 0.3) is 0 Å². The van der Waals surface area contributed by atoms with Crippen LogP contribution in [0.5, 0.6) is 5.75 Å². The van der Waals surface area contributed by atoms with Crippen LogP contribution in [0, 0.1) is 0 Å². The fourth-order valence-corrected chi connectivity index (χ4v) is 3.30. The first-order valence-corrected chi connectivity index (χ1v) is 8.16. The minimum atomic E-state index is 0.0348. The molecule has 0 unspecified atom stereocenters. The molecular formula is C16H18N2O2S. The van der Waals surface area contributed by atoms with Gasteiger partial charge < -0.3 is 9.64 Å². The van der Waals surface area contributed by atoms with E-state index in [4.69, 9.17) is 4.74 Å². The van der Waals surface area contributed by atoms with E-state index in [0.717, 1.165) is 25.1 Å². The molecule has 0 bridgehead atoms. The molecule has 1 aromatic carbocycles. The molecule has 1 aliphatic heterocycles. The Balaban J connectivity index is 1.79. The highest BCUT2D eigenvalue weighted by Crippen LogP contribution is 2.33. The van der Waals surface area contributed by atoms with Crippen LogP contribution in [0.3, 0.4) is 0 Å². The second-order valence-corrected chi connectivity index (χ2v) is 5.75. The Bertz CT molecular complexity index is 595. The number of aromatic nitrogens is 1. The third-order valence-electron chi connectivity index (χ3n) is 3.74. The molecule has 1 fully saturated rings. The largest absolute Gasteiger partial charge is 0.494 e. The van der Waals surface area contributed by atoms with Gasteiger partial charge in [0.15, 0.2) is 0 Å². The van der Waals surface area contributed by atoms with Gasteiger partial charge in [0.1, 0.15) is 11.4 Å². The average molecular weight is 302 g/mol. The first-order chi connectivity index (χ1) is 10.3. The molecule has 5 heteroatoms. The highest BCUT2D eigenvalue weighted by molar-refractivity contribution is 7.07. The van der Waals surface area contributed by atoms with Crippen molar-refractivity contribution in [2.75, 3.05) is 13.2 Å². The zero-order valence-corrected chi connectivity index (χ0v) is 12.8. The van der Waals surface area contributed by atoms with Crippen LogP contribution in [-0.2, 0) is 0 Å². The summed E-state index contributed by atoms with van der Waals surface area (Å²) in [4.78, 5) is 18.6. The Labute approximate surface area is 128 Å². The molecule has 1 aliphatic rings. The number of likely N-dealkylation sites (tertiary alicyclic amines) is 1. The van der Waals surface area contributed by atoms with Crippen LogP contribution >= 0.6 is 11.3 Å². The molecule has 2 aromatic rings. The van der Waals surface area contributed by atoms with Gasteiger partial charge in [-0.05, 0) is 37.5 Å². The molecule has 1 amide bonds. The van der Waals surface area contributed by atoms with E-state index in [1.807, 2.05) is 29.3 Å². The number of nitrogens with zero attached hydrogens (tertiary/aromatic N) is 2. The Morgan fingerprint density at radius 3 is 2.90 bits per heavy atom. The van der Waals surface area contributed by atoms with Gasteiger partial charge in [-0.1, -0.05) is 12.1 Å². The first kappa shape index (κ1) is 14.1. The summed E-state index contributed by atoms with van der Waals surface area (Å²) in [6.07, 6.45) is 2.04. The molecule has 3 rings (SSSR count). The number of benzene rings is 1. The van der Waals surface area contributed by atoms with Crippen LogP contribution in [0.15, 0.2) is 35.2 Å². The van der Waals surface area contributed by atoms with Gasteiger partial charge in [0, 0.05) is 11.9 Å². The quantitative estimate of drug-likeness (QED) is 0.868. The van der Waals surface area contributed by atoms with E-state index in [9.17, 15) is 4.79 Å². The highest BCUT2D eigenvalue weighted by atomic mass is 32.1. The van der Waals surface area contributed by atoms with Crippen molar-refractivity contribution in [2.24, 2.45) is 0 Å². The SMILES string of the molecule is CCOc1ccc([C@@H]2CCCN2C(=O)c2cscn2)cc1. The molecule has 1 aromatic heterocycles. The number of ether oxygens (including phenoxy) is 1. The molecule has 110 valence electrons. The number of thiazole rings is 1. The van der Waals surface area contributed by atoms with Crippen molar-refractivity contribution in [3.8, 4) is 5.75 Å². The van der Waals surface area contributed by atoms with E-state index in [-0.39, 0.29) is 11.9 Å². The standard InChI is InChI=1S/C16H18N2O2S/c1-2-20-13-7-5-12(6-8-13)15-4-3-9-18(15)16(19)14-10-21-11-17-14/h5-8,10-11,15H,2-4,9H2,1H3/t15-/m0/s1. The zero-order valence-electron chi connectivity index (χ0n) is 12.0. The molecule has 0 saturated carbocycles. The van der Waals surface area contributed by atoms with Crippen molar-refractivity contribution in [3.05, 3.63) is 46.4 Å². The van der Waals surface area contributed by atoms with E-state index < -0.39 is 0 Å². The number of carbonyl (C=O) groups excluding carboxylic acids is 1. The summed E-state index contributed by atoms with van der Waals surface area (Å²) in [5.74, 6) is 0.907.